The number of benzene rings is 2. The average molecular weight is 325 g/mol. The van der Waals surface area contributed by atoms with E-state index in [4.69, 9.17) is 5.11 Å². The minimum absolute atomic E-state index is 0.0822. The van der Waals surface area contributed by atoms with Gasteiger partial charge in [0.1, 0.15) is 21.7 Å². The smallest absolute Gasteiger partial charge is 0.264 e. The van der Waals surface area contributed by atoms with Gasteiger partial charge in [-0.2, -0.15) is 8.75 Å². The summed E-state index contributed by atoms with van der Waals surface area (Å²) in [5, 5.41) is 9.13. The van der Waals surface area contributed by atoms with Gasteiger partial charge in [-0.15, -0.1) is 0 Å². The lowest BCUT2D eigenvalue weighted by Gasteiger charge is -2.09. The molecule has 1 aromatic heterocycles. The van der Waals surface area contributed by atoms with Crippen molar-refractivity contribution in [2.45, 2.75) is 4.90 Å². The summed E-state index contributed by atoms with van der Waals surface area (Å²) in [5.41, 5.74) is 0.427. The van der Waals surface area contributed by atoms with E-state index in [1.807, 2.05) is 0 Å². The van der Waals surface area contributed by atoms with Crippen LogP contribution in [0.1, 0.15) is 0 Å². The number of anilines is 1. The molecule has 0 aliphatic heterocycles. The van der Waals surface area contributed by atoms with Crippen molar-refractivity contribution in [2.75, 3.05) is 4.72 Å². The Labute approximate surface area is 123 Å². The molecule has 0 atom stereocenters. The third-order valence-electron chi connectivity index (χ3n) is 2.74. The van der Waals surface area contributed by atoms with Gasteiger partial charge in [0.2, 0.25) is 0 Å². The Bertz CT molecular complexity index is 924. The quantitative estimate of drug-likeness (QED) is 0.721. The lowest BCUT2D eigenvalue weighted by atomic mass is 10.3. The molecule has 0 unspecified atom stereocenters. The average Bonchev–Trinajstić information content (AvgIpc) is 2.90. The Balaban J connectivity index is 2.06. The monoisotopic (exact) mass is 325 g/mol. The molecular weight excluding hydrogens is 317 g/mol. The number of nitrogens with zero attached hydrogens (tertiary/aromatic N) is 2. The molecule has 3 aromatic rings. The van der Waals surface area contributed by atoms with Crippen molar-refractivity contribution < 1.29 is 17.9 Å². The number of fused-ring (bicyclic) bond motifs is 1. The standard InChI is InChI=1S/C12H8FN3O3S2/c13-8-6-7(17)4-5-9(8)16-21(18,19)11-3-1-2-10-12(11)15-20-14-10/h1-6,16-17H. The van der Waals surface area contributed by atoms with E-state index in [0.29, 0.717) is 5.52 Å². The van der Waals surface area contributed by atoms with Crippen molar-refractivity contribution >= 4 is 38.5 Å². The Hall–Kier alpha value is -2.26. The molecule has 0 spiro atoms. The maximum Gasteiger partial charge on any atom is 0.264 e. The van der Waals surface area contributed by atoms with Gasteiger partial charge in [0.15, 0.2) is 5.82 Å². The summed E-state index contributed by atoms with van der Waals surface area (Å²) in [7, 11) is -4.01. The number of aromatic nitrogens is 2. The van der Waals surface area contributed by atoms with E-state index in [9.17, 15) is 12.8 Å². The van der Waals surface area contributed by atoms with Gasteiger partial charge >= 0.3 is 0 Å². The van der Waals surface area contributed by atoms with Gasteiger partial charge in [0, 0.05) is 6.07 Å². The van der Waals surface area contributed by atoms with Crippen molar-refractivity contribution in [3.63, 3.8) is 0 Å². The van der Waals surface area contributed by atoms with Crippen LogP contribution in [0.3, 0.4) is 0 Å². The molecule has 21 heavy (non-hydrogen) atoms. The fourth-order valence-corrected chi connectivity index (χ4v) is 3.62. The van der Waals surface area contributed by atoms with E-state index in [2.05, 4.69) is 13.5 Å². The first kappa shape index (κ1) is 13.7. The van der Waals surface area contributed by atoms with Gasteiger partial charge < -0.3 is 5.11 Å². The van der Waals surface area contributed by atoms with E-state index < -0.39 is 15.8 Å². The fraction of sp³-hybridized carbons (Fsp3) is 0. The fourth-order valence-electron chi connectivity index (χ4n) is 1.78. The molecule has 1 heterocycles. The molecule has 0 radical (unpaired) electrons. The Morgan fingerprint density at radius 3 is 2.76 bits per heavy atom. The molecular formula is C12H8FN3O3S2. The number of halogens is 1. The van der Waals surface area contributed by atoms with E-state index in [1.54, 1.807) is 6.07 Å². The van der Waals surface area contributed by atoms with Crippen LogP contribution in [0, 0.1) is 5.82 Å². The minimum atomic E-state index is -4.01. The zero-order valence-corrected chi connectivity index (χ0v) is 11.9. The normalized spacial score (nSPS) is 11.7. The van der Waals surface area contributed by atoms with Crippen molar-refractivity contribution in [1.82, 2.24) is 8.75 Å². The molecule has 0 aliphatic carbocycles. The van der Waals surface area contributed by atoms with Gasteiger partial charge in [-0.1, -0.05) is 6.07 Å². The van der Waals surface area contributed by atoms with Gasteiger partial charge in [0.25, 0.3) is 10.0 Å². The molecule has 0 saturated carbocycles. The second-order valence-electron chi connectivity index (χ2n) is 4.16. The Morgan fingerprint density at radius 1 is 1.19 bits per heavy atom. The highest BCUT2D eigenvalue weighted by Gasteiger charge is 2.21. The number of aromatic hydroxyl groups is 1. The highest BCUT2D eigenvalue weighted by atomic mass is 32.2. The zero-order valence-electron chi connectivity index (χ0n) is 10.3. The van der Waals surface area contributed by atoms with Crippen LogP contribution in [-0.2, 0) is 10.0 Å². The van der Waals surface area contributed by atoms with E-state index >= 15 is 0 Å². The second-order valence-corrected chi connectivity index (χ2v) is 6.34. The predicted molar refractivity (Wildman–Crippen MR) is 76.3 cm³/mol. The van der Waals surface area contributed by atoms with Crippen LogP contribution < -0.4 is 4.72 Å². The molecule has 2 aromatic carbocycles. The van der Waals surface area contributed by atoms with Crippen LogP contribution >= 0.6 is 11.7 Å². The lowest BCUT2D eigenvalue weighted by Crippen LogP contribution is -2.14. The van der Waals surface area contributed by atoms with Crippen LogP contribution in [0.15, 0.2) is 41.3 Å². The summed E-state index contributed by atoms with van der Waals surface area (Å²) in [6.45, 7) is 0. The van der Waals surface area contributed by atoms with Gasteiger partial charge in [-0.25, -0.2) is 12.8 Å². The van der Waals surface area contributed by atoms with E-state index in [1.165, 1.54) is 18.2 Å². The zero-order chi connectivity index (χ0) is 15.0. The Kier molecular flexibility index (Phi) is 3.22. The second kappa shape index (κ2) is 4.93. The summed E-state index contributed by atoms with van der Waals surface area (Å²) in [6, 6.07) is 7.69. The molecule has 0 aliphatic rings. The first-order chi connectivity index (χ1) is 9.97. The lowest BCUT2D eigenvalue weighted by molar-refractivity contribution is 0.469. The number of hydrogen-bond donors (Lipinski definition) is 2. The van der Waals surface area contributed by atoms with Crippen molar-refractivity contribution in [2.24, 2.45) is 0 Å². The molecule has 6 nitrogen and oxygen atoms in total. The predicted octanol–water partition coefficient (Wildman–Crippen LogP) is 2.34. The minimum Gasteiger partial charge on any atom is -0.508 e. The summed E-state index contributed by atoms with van der Waals surface area (Å²) < 4.78 is 48.4. The highest BCUT2D eigenvalue weighted by Crippen LogP contribution is 2.26. The maximum absolute atomic E-state index is 13.6. The molecule has 0 saturated heterocycles. The SMILES string of the molecule is O=S(=O)(Nc1ccc(O)cc1F)c1cccc2nsnc12. The van der Waals surface area contributed by atoms with Gasteiger partial charge in [-0.05, 0) is 24.3 Å². The van der Waals surface area contributed by atoms with Gasteiger partial charge in [0.05, 0.1) is 17.4 Å². The van der Waals surface area contributed by atoms with Crippen molar-refractivity contribution in [3.8, 4) is 5.75 Å². The van der Waals surface area contributed by atoms with Gasteiger partial charge in [-0.3, -0.25) is 4.72 Å². The third-order valence-corrected chi connectivity index (χ3v) is 4.68. The van der Waals surface area contributed by atoms with Crippen molar-refractivity contribution in [3.05, 3.63) is 42.2 Å². The van der Waals surface area contributed by atoms with E-state index in [0.717, 1.165) is 23.9 Å². The van der Waals surface area contributed by atoms with Crippen LogP contribution in [-0.4, -0.2) is 22.3 Å². The van der Waals surface area contributed by atoms with Crippen molar-refractivity contribution in [1.29, 1.82) is 0 Å². The molecule has 9 heteroatoms. The highest BCUT2D eigenvalue weighted by molar-refractivity contribution is 7.93. The summed E-state index contributed by atoms with van der Waals surface area (Å²) in [5.74, 6) is -1.16. The van der Waals surface area contributed by atoms with E-state index in [-0.39, 0.29) is 21.8 Å². The van der Waals surface area contributed by atoms with Crippen LogP contribution in [0.4, 0.5) is 10.1 Å². The first-order valence-corrected chi connectivity index (χ1v) is 7.91. The third kappa shape index (κ3) is 2.52. The molecule has 3 rings (SSSR count). The van der Waals surface area contributed by atoms with Crippen LogP contribution in [0.5, 0.6) is 5.75 Å². The number of sulfonamides is 1. The van der Waals surface area contributed by atoms with Crippen LogP contribution in [0.25, 0.3) is 11.0 Å². The topological polar surface area (TPSA) is 92.2 Å². The first-order valence-electron chi connectivity index (χ1n) is 5.70. The molecule has 108 valence electrons. The number of rotatable bonds is 3. The summed E-state index contributed by atoms with van der Waals surface area (Å²) in [4.78, 5) is -0.0822. The summed E-state index contributed by atoms with van der Waals surface area (Å²) >= 11 is 0.895. The summed E-state index contributed by atoms with van der Waals surface area (Å²) in [6.07, 6.45) is 0. The number of hydrogen-bond acceptors (Lipinski definition) is 6. The molecule has 0 bridgehead atoms. The Morgan fingerprint density at radius 2 is 2.00 bits per heavy atom. The largest absolute Gasteiger partial charge is 0.508 e. The molecule has 0 fully saturated rings. The molecule has 0 amide bonds. The maximum atomic E-state index is 13.6. The molecule has 2 N–H and O–H groups in total. The number of nitrogens with one attached hydrogen (secondary N) is 1. The number of phenols is 1. The number of phenolic OH excluding ortho intramolecular Hbond substituents is 1. The van der Waals surface area contributed by atoms with Crippen LogP contribution in [0.2, 0.25) is 0 Å².